The minimum absolute atomic E-state index is 0.203. The fourth-order valence-electron chi connectivity index (χ4n) is 2.22. The van der Waals surface area contributed by atoms with Crippen molar-refractivity contribution in [1.29, 1.82) is 0 Å². The highest BCUT2D eigenvalue weighted by atomic mass is 16.1. The second-order valence-corrected chi connectivity index (χ2v) is 4.66. The monoisotopic (exact) mass is 230 g/mol. The van der Waals surface area contributed by atoms with Gasteiger partial charge in [0, 0.05) is 32.3 Å². The number of carbonyl (C=O) groups excluding carboxylic acids is 1. The number of allylic oxidation sites excluding steroid dienone is 2. The summed E-state index contributed by atoms with van der Waals surface area (Å²) >= 11 is 0. The fraction of sp³-hybridized carbons (Fsp3) is 0.357. The number of nitrogens with one attached hydrogen (secondary N) is 1. The number of benzene rings is 1. The second kappa shape index (κ2) is 5.15. The quantitative estimate of drug-likeness (QED) is 0.807. The maximum atomic E-state index is 11.7. The lowest BCUT2D eigenvalue weighted by Crippen LogP contribution is -2.32. The van der Waals surface area contributed by atoms with Crippen LogP contribution in [0.5, 0.6) is 0 Å². The summed E-state index contributed by atoms with van der Waals surface area (Å²) in [4.78, 5) is 11.7. The lowest BCUT2D eigenvalue weighted by atomic mass is 9.86. The van der Waals surface area contributed by atoms with Crippen molar-refractivity contribution in [3.05, 3.63) is 47.7 Å². The van der Waals surface area contributed by atoms with Crippen molar-refractivity contribution < 1.29 is 4.79 Å². The van der Waals surface area contributed by atoms with Crippen molar-refractivity contribution in [2.45, 2.75) is 18.8 Å². The van der Waals surface area contributed by atoms with Crippen LogP contribution in [0, 0.1) is 0 Å². The molecule has 2 rings (SSSR count). The molecule has 0 saturated heterocycles. The molecule has 1 N–H and O–H groups in total. The van der Waals surface area contributed by atoms with Gasteiger partial charge in [-0.05, 0) is 17.9 Å². The van der Waals surface area contributed by atoms with Gasteiger partial charge in [-0.3, -0.25) is 4.79 Å². The number of ketones is 1. The second-order valence-electron chi connectivity index (χ2n) is 4.66. The van der Waals surface area contributed by atoms with Gasteiger partial charge in [0.05, 0.1) is 0 Å². The first-order valence-corrected chi connectivity index (χ1v) is 5.87. The summed E-state index contributed by atoms with van der Waals surface area (Å²) in [5, 5.41) is 1.87. The number of hydrogen-bond acceptors (Lipinski definition) is 3. The van der Waals surface area contributed by atoms with E-state index in [1.165, 1.54) is 5.56 Å². The third-order valence-corrected chi connectivity index (χ3v) is 2.89. The molecule has 0 heterocycles. The smallest absolute Gasteiger partial charge is 0.158 e. The molecule has 0 aromatic heterocycles. The van der Waals surface area contributed by atoms with E-state index in [1.807, 2.05) is 37.3 Å². The number of hydrazine groups is 1. The zero-order chi connectivity index (χ0) is 12.3. The van der Waals surface area contributed by atoms with Crippen molar-refractivity contribution in [3.8, 4) is 0 Å². The van der Waals surface area contributed by atoms with Crippen LogP contribution in [0.15, 0.2) is 42.1 Å². The molecule has 0 bridgehead atoms. The van der Waals surface area contributed by atoms with Gasteiger partial charge >= 0.3 is 0 Å². The van der Waals surface area contributed by atoms with Gasteiger partial charge in [-0.25, -0.2) is 5.01 Å². The Balaban J connectivity index is 2.13. The van der Waals surface area contributed by atoms with Crippen LogP contribution in [0.3, 0.4) is 0 Å². The lowest BCUT2D eigenvalue weighted by Gasteiger charge is -2.25. The molecule has 1 atom stereocenters. The molecule has 3 nitrogen and oxygen atoms in total. The average molecular weight is 230 g/mol. The van der Waals surface area contributed by atoms with Crippen molar-refractivity contribution >= 4 is 5.78 Å². The summed E-state index contributed by atoms with van der Waals surface area (Å²) in [6, 6.07) is 10.2. The Morgan fingerprint density at radius 3 is 2.53 bits per heavy atom. The predicted octanol–water partition coefficient (Wildman–Crippen LogP) is 2.08. The Kier molecular flexibility index (Phi) is 3.59. The molecule has 1 aliphatic carbocycles. The number of hydrogen-bond donors (Lipinski definition) is 1. The maximum absolute atomic E-state index is 11.7. The molecule has 0 aliphatic heterocycles. The maximum Gasteiger partial charge on any atom is 0.158 e. The van der Waals surface area contributed by atoms with Crippen molar-refractivity contribution in [2.24, 2.45) is 0 Å². The molecule has 0 amide bonds. The van der Waals surface area contributed by atoms with Crippen LogP contribution < -0.4 is 5.43 Å². The summed E-state index contributed by atoms with van der Waals surface area (Å²) in [6.07, 6.45) is 3.23. The molecule has 0 spiro atoms. The van der Waals surface area contributed by atoms with Gasteiger partial charge in [-0.1, -0.05) is 30.3 Å². The zero-order valence-corrected chi connectivity index (χ0v) is 10.3. The van der Waals surface area contributed by atoms with Crippen LogP contribution in [-0.4, -0.2) is 24.9 Å². The van der Waals surface area contributed by atoms with E-state index >= 15 is 0 Å². The highest BCUT2D eigenvalue weighted by Crippen LogP contribution is 2.30. The Labute approximate surface area is 102 Å². The average Bonchev–Trinajstić information content (AvgIpc) is 2.28. The predicted molar refractivity (Wildman–Crippen MR) is 68.3 cm³/mol. The molecule has 0 saturated carbocycles. The summed E-state index contributed by atoms with van der Waals surface area (Å²) in [5.41, 5.74) is 5.43. The van der Waals surface area contributed by atoms with Gasteiger partial charge in [-0.2, -0.15) is 0 Å². The molecule has 0 radical (unpaired) electrons. The molecule has 90 valence electrons. The third-order valence-electron chi connectivity index (χ3n) is 2.89. The van der Waals surface area contributed by atoms with Gasteiger partial charge in [0.25, 0.3) is 0 Å². The number of rotatable bonds is 3. The molecule has 0 unspecified atom stereocenters. The van der Waals surface area contributed by atoms with E-state index in [0.717, 1.165) is 12.1 Å². The summed E-state index contributed by atoms with van der Waals surface area (Å²) in [7, 11) is 3.86. The summed E-state index contributed by atoms with van der Waals surface area (Å²) in [5.74, 6) is 0.505. The van der Waals surface area contributed by atoms with E-state index in [4.69, 9.17) is 0 Å². The molecule has 1 aromatic rings. The number of nitrogens with zero attached hydrogens (tertiary/aromatic N) is 1. The Hall–Kier alpha value is -1.61. The van der Waals surface area contributed by atoms with E-state index in [9.17, 15) is 4.79 Å². The van der Waals surface area contributed by atoms with Crippen LogP contribution in [0.1, 0.15) is 24.3 Å². The third kappa shape index (κ3) is 3.17. The van der Waals surface area contributed by atoms with E-state index in [2.05, 4.69) is 17.6 Å². The van der Waals surface area contributed by atoms with Crippen molar-refractivity contribution in [2.75, 3.05) is 14.1 Å². The van der Waals surface area contributed by atoms with Crippen LogP contribution in [0.2, 0.25) is 0 Å². The highest BCUT2D eigenvalue weighted by molar-refractivity contribution is 5.91. The molecule has 0 fully saturated rings. The van der Waals surface area contributed by atoms with Gasteiger partial charge in [0.15, 0.2) is 5.78 Å². The van der Waals surface area contributed by atoms with Crippen LogP contribution in [0.4, 0.5) is 0 Å². The van der Waals surface area contributed by atoms with Gasteiger partial charge < -0.3 is 5.43 Å². The molecule has 3 heteroatoms. The fourth-order valence-corrected chi connectivity index (χ4v) is 2.22. The Bertz CT molecular complexity index is 423. The van der Waals surface area contributed by atoms with Gasteiger partial charge in [-0.15, -0.1) is 0 Å². The zero-order valence-electron chi connectivity index (χ0n) is 10.3. The number of carbonyl (C=O) groups is 1. The first-order valence-electron chi connectivity index (χ1n) is 5.87. The Morgan fingerprint density at radius 2 is 1.88 bits per heavy atom. The molecular formula is C14H18N2O. The summed E-state index contributed by atoms with van der Waals surface area (Å²) < 4.78 is 0. The Morgan fingerprint density at radius 1 is 1.18 bits per heavy atom. The van der Waals surface area contributed by atoms with Crippen LogP contribution in [-0.2, 0) is 4.79 Å². The van der Waals surface area contributed by atoms with Crippen LogP contribution >= 0.6 is 0 Å². The SMILES string of the molecule is CN(C)NC1=CC(=O)C[C@@H](c2ccccc2)C1. The van der Waals surface area contributed by atoms with Crippen molar-refractivity contribution in [3.63, 3.8) is 0 Å². The van der Waals surface area contributed by atoms with Gasteiger partial charge in [0.1, 0.15) is 0 Å². The molecular weight excluding hydrogens is 212 g/mol. The molecule has 17 heavy (non-hydrogen) atoms. The molecule has 1 aliphatic rings. The standard InChI is InChI=1S/C14H18N2O/c1-16(2)15-13-8-12(9-14(17)10-13)11-6-4-3-5-7-11/h3-7,10,12,15H,8-9H2,1-2H3/t12-/m0/s1. The summed E-state index contributed by atoms with van der Waals surface area (Å²) in [6.45, 7) is 0. The molecule has 1 aromatic carbocycles. The largest absolute Gasteiger partial charge is 0.323 e. The van der Waals surface area contributed by atoms with E-state index in [-0.39, 0.29) is 5.78 Å². The van der Waals surface area contributed by atoms with Crippen LogP contribution in [0.25, 0.3) is 0 Å². The van der Waals surface area contributed by atoms with Gasteiger partial charge in [0.2, 0.25) is 0 Å². The first-order chi connectivity index (χ1) is 8.15. The van der Waals surface area contributed by atoms with E-state index in [1.54, 1.807) is 6.08 Å². The van der Waals surface area contributed by atoms with E-state index < -0.39 is 0 Å². The minimum Gasteiger partial charge on any atom is -0.323 e. The first kappa shape index (κ1) is 11.9. The normalized spacial score (nSPS) is 20.3. The van der Waals surface area contributed by atoms with E-state index in [0.29, 0.717) is 12.3 Å². The highest BCUT2D eigenvalue weighted by Gasteiger charge is 2.22. The van der Waals surface area contributed by atoms with Crippen molar-refractivity contribution in [1.82, 2.24) is 10.4 Å². The topological polar surface area (TPSA) is 32.3 Å². The minimum atomic E-state index is 0.203. The lowest BCUT2D eigenvalue weighted by molar-refractivity contribution is -0.115.